The first-order valence-electron chi connectivity index (χ1n) is 5.71. The summed E-state index contributed by atoms with van der Waals surface area (Å²) in [6, 6.07) is 7.43. The number of halogens is 2. The SMILES string of the molecule is CN(C(=O)c1cc(N)c(F)cc1F)c1cccc(O)c1. The first-order valence-corrected chi connectivity index (χ1v) is 5.71. The molecule has 0 heterocycles. The van der Waals surface area contributed by atoms with Gasteiger partial charge in [-0.3, -0.25) is 4.79 Å². The van der Waals surface area contributed by atoms with Gasteiger partial charge < -0.3 is 15.7 Å². The number of benzene rings is 2. The highest BCUT2D eigenvalue weighted by molar-refractivity contribution is 6.06. The zero-order chi connectivity index (χ0) is 14.9. The molecule has 4 nitrogen and oxygen atoms in total. The number of phenolic OH excluding ortho intramolecular Hbond substituents is 1. The minimum atomic E-state index is -0.992. The normalized spacial score (nSPS) is 10.3. The van der Waals surface area contributed by atoms with Gasteiger partial charge in [0.1, 0.15) is 17.4 Å². The smallest absolute Gasteiger partial charge is 0.261 e. The number of aromatic hydroxyl groups is 1. The van der Waals surface area contributed by atoms with Gasteiger partial charge in [-0.15, -0.1) is 0 Å². The second-order valence-electron chi connectivity index (χ2n) is 4.24. The summed E-state index contributed by atoms with van der Waals surface area (Å²) in [7, 11) is 1.41. The maximum Gasteiger partial charge on any atom is 0.261 e. The highest BCUT2D eigenvalue weighted by atomic mass is 19.1. The van der Waals surface area contributed by atoms with Crippen molar-refractivity contribution in [2.24, 2.45) is 0 Å². The third kappa shape index (κ3) is 2.54. The number of phenols is 1. The minimum Gasteiger partial charge on any atom is -0.508 e. The van der Waals surface area contributed by atoms with Gasteiger partial charge in [0.25, 0.3) is 5.91 Å². The van der Waals surface area contributed by atoms with E-state index in [2.05, 4.69) is 0 Å². The molecule has 0 aliphatic heterocycles. The zero-order valence-corrected chi connectivity index (χ0v) is 10.6. The van der Waals surface area contributed by atoms with Crippen LogP contribution in [0.2, 0.25) is 0 Å². The van der Waals surface area contributed by atoms with Crippen LogP contribution in [0.4, 0.5) is 20.2 Å². The van der Waals surface area contributed by atoms with E-state index in [4.69, 9.17) is 5.73 Å². The molecule has 0 saturated heterocycles. The molecule has 0 bridgehead atoms. The molecule has 0 saturated carbocycles. The first kappa shape index (κ1) is 13.8. The van der Waals surface area contributed by atoms with Crippen molar-refractivity contribution in [1.29, 1.82) is 0 Å². The Labute approximate surface area is 114 Å². The fraction of sp³-hybridized carbons (Fsp3) is 0.0714. The van der Waals surface area contributed by atoms with E-state index in [1.165, 1.54) is 19.2 Å². The molecule has 0 atom stereocenters. The number of carbonyl (C=O) groups is 1. The largest absolute Gasteiger partial charge is 0.508 e. The molecule has 0 aromatic heterocycles. The summed E-state index contributed by atoms with van der Waals surface area (Å²) in [5.41, 5.74) is 5.07. The van der Waals surface area contributed by atoms with Gasteiger partial charge in [-0.1, -0.05) is 6.07 Å². The topological polar surface area (TPSA) is 66.6 Å². The van der Waals surface area contributed by atoms with Crippen molar-refractivity contribution >= 4 is 17.3 Å². The lowest BCUT2D eigenvalue weighted by Gasteiger charge is -2.18. The molecular weight excluding hydrogens is 266 g/mol. The molecule has 0 radical (unpaired) electrons. The second kappa shape index (κ2) is 5.16. The van der Waals surface area contributed by atoms with Crippen molar-refractivity contribution in [3.05, 3.63) is 53.6 Å². The Morgan fingerprint density at radius 3 is 2.55 bits per heavy atom. The van der Waals surface area contributed by atoms with Crippen LogP contribution < -0.4 is 10.6 Å². The number of carbonyl (C=O) groups excluding carboxylic acids is 1. The van der Waals surface area contributed by atoms with Crippen LogP contribution in [0.5, 0.6) is 5.75 Å². The number of amides is 1. The molecule has 0 unspecified atom stereocenters. The Morgan fingerprint density at radius 1 is 1.20 bits per heavy atom. The molecule has 2 rings (SSSR count). The average Bonchev–Trinajstić information content (AvgIpc) is 2.41. The average molecular weight is 278 g/mol. The van der Waals surface area contributed by atoms with E-state index in [1.807, 2.05) is 0 Å². The van der Waals surface area contributed by atoms with Crippen LogP contribution in [0.25, 0.3) is 0 Å². The number of hydrogen-bond acceptors (Lipinski definition) is 3. The predicted molar refractivity (Wildman–Crippen MR) is 71.6 cm³/mol. The maximum atomic E-state index is 13.6. The van der Waals surface area contributed by atoms with Crippen LogP contribution in [-0.2, 0) is 0 Å². The van der Waals surface area contributed by atoms with Crippen LogP contribution in [0.15, 0.2) is 36.4 Å². The first-order chi connectivity index (χ1) is 9.40. The second-order valence-corrected chi connectivity index (χ2v) is 4.24. The molecule has 2 aromatic carbocycles. The fourth-order valence-electron chi connectivity index (χ4n) is 1.73. The molecule has 1 amide bonds. The van der Waals surface area contributed by atoms with Crippen molar-refractivity contribution in [3.8, 4) is 5.75 Å². The lowest BCUT2D eigenvalue weighted by atomic mass is 10.1. The Morgan fingerprint density at radius 2 is 1.90 bits per heavy atom. The molecule has 0 fully saturated rings. The lowest BCUT2D eigenvalue weighted by Crippen LogP contribution is -2.27. The minimum absolute atomic E-state index is 0.0266. The Bertz CT molecular complexity index is 674. The van der Waals surface area contributed by atoms with Crippen LogP contribution in [0.1, 0.15) is 10.4 Å². The summed E-state index contributed by atoms with van der Waals surface area (Å²) in [6.45, 7) is 0. The zero-order valence-electron chi connectivity index (χ0n) is 10.6. The molecule has 6 heteroatoms. The van der Waals surface area contributed by atoms with Gasteiger partial charge in [0.2, 0.25) is 0 Å². The van der Waals surface area contributed by atoms with Gasteiger partial charge in [-0.05, 0) is 18.2 Å². The van der Waals surface area contributed by atoms with E-state index in [-0.39, 0.29) is 17.0 Å². The number of rotatable bonds is 2. The van der Waals surface area contributed by atoms with Gasteiger partial charge in [0.05, 0.1) is 11.3 Å². The highest BCUT2D eigenvalue weighted by Crippen LogP contribution is 2.23. The Balaban J connectivity index is 2.39. The van der Waals surface area contributed by atoms with Crippen molar-refractivity contribution in [2.45, 2.75) is 0 Å². The molecule has 0 spiro atoms. The Kier molecular flexibility index (Phi) is 3.56. The third-order valence-electron chi connectivity index (χ3n) is 2.84. The molecule has 0 aliphatic rings. The summed E-state index contributed by atoms with van der Waals surface area (Å²) >= 11 is 0. The maximum absolute atomic E-state index is 13.6. The summed E-state index contributed by atoms with van der Waals surface area (Å²) in [5.74, 6) is -2.63. The van der Waals surface area contributed by atoms with Gasteiger partial charge >= 0.3 is 0 Å². The van der Waals surface area contributed by atoms with Crippen molar-refractivity contribution in [1.82, 2.24) is 0 Å². The number of hydrogen-bond donors (Lipinski definition) is 2. The molecule has 2 aromatic rings. The van der Waals surface area contributed by atoms with E-state index in [0.717, 1.165) is 11.0 Å². The van der Waals surface area contributed by atoms with E-state index in [9.17, 15) is 18.7 Å². The summed E-state index contributed by atoms with van der Waals surface area (Å²) in [6.07, 6.45) is 0. The summed E-state index contributed by atoms with van der Waals surface area (Å²) < 4.78 is 26.7. The van der Waals surface area contributed by atoms with Crippen molar-refractivity contribution < 1.29 is 18.7 Å². The molecule has 104 valence electrons. The van der Waals surface area contributed by atoms with Crippen LogP contribution in [0, 0.1) is 11.6 Å². The number of anilines is 2. The van der Waals surface area contributed by atoms with Crippen molar-refractivity contribution in [3.63, 3.8) is 0 Å². The van der Waals surface area contributed by atoms with E-state index in [1.54, 1.807) is 12.1 Å². The summed E-state index contributed by atoms with van der Waals surface area (Å²) in [5, 5.41) is 9.37. The standard InChI is InChI=1S/C14H12F2N2O2/c1-18(8-3-2-4-9(19)5-8)14(20)10-6-13(17)12(16)7-11(10)15/h2-7,19H,17H2,1H3. The predicted octanol–water partition coefficient (Wildman–Crippen LogP) is 2.53. The highest BCUT2D eigenvalue weighted by Gasteiger charge is 2.19. The van der Waals surface area contributed by atoms with Crippen LogP contribution in [0.3, 0.4) is 0 Å². The molecule has 20 heavy (non-hydrogen) atoms. The quantitative estimate of drug-likeness (QED) is 0.829. The van der Waals surface area contributed by atoms with Gasteiger partial charge in [0.15, 0.2) is 0 Å². The van der Waals surface area contributed by atoms with Gasteiger partial charge in [-0.25, -0.2) is 8.78 Å². The monoisotopic (exact) mass is 278 g/mol. The number of nitrogens with two attached hydrogens (primary N) is 1. The van der Waals surface area contributed by atoms with Gasteiger partial charge in [-0.2, -0.15) is 0 Å². The third-order valence-corrected chi connectivity index (χ3v) is 2.84. The van der Waals surface area contributed by atoms with Crippen LogP contribution >= 0.6 is 0 Å². The van der Waals surface area contributed by atoms with Crippen LogP contribution in [-0.4, -0.2) is 18.1 Å². The number of nitrogens with zero attached hydrogens (tertiary/aromatic N) is 1. The van der Waals surface area contributed by atoms with E-state index < -0.39 is 17.5 Å². The lowest BCUT2D eigenvalue weighted by molar-refractivity contribution is 0.0989. The Hall–Kier alpha value is -2.63. The molecule has 0 aliphatic carbocycles. The fourth-order valence-corrected chi connectivity index (χ4v) is 1.73. The van der Waals surface area contributed by atoms with E-state index >= 15 is 0 Å². The summed E-state index contributed by atoms with van der Waals surface area (Å²) in [4.78, 5) is 13.3. The van der Waals surface area contributed by atoms with Crippen molar-refractivity contribution in [2.75, 3.05) is 17.7 Å². The van der Waals surface area contributed by atoms with Gasteiger partial charge in [0, 0.05) is 24.9 Å². The van der Waals surface area contributed by atoms with E-state index in [0.29, 0.717) is 11.8 Å². The molecule has 3 N–H and O–H groups in total. The number of nitrogen functional groups attached to an aromatic ring is 1. The molecular formula is C14H12F2N2O2.